The van der Waals surface area contributed by atoms with Crippen LogP contribution >= 0.6 is 0 Å². The van der Waals surface area contributed by atoms with E-state index in [4.69, 9.17) is 5.11 Å². The fourth-order valence-corrected chi connectivity index (χ4v) is 3.36. The minimum atomic E-state index is -3.67. The maximum atomic E-state index is 12.5. The maximum absolute atomic E-state index is 12.5. The van der Waals surface area contributed by atoms with Crippen LogP contribution in [0.25, 0.3) is 0 Å². The molecule has 0 saturated carbocycles. The summed E-state index contributed by atoms with van der Waals surface area (Å²) in [6.07, 6.45) is 0.709. The van der Waals surface area contributed by atoms with E-state index in [9.17, 15) is 13.2 Å². The van der Waals surface area contributed by atoms with E-state index in [1.165, 1.54) is 29.6 Å². The number of aryl methyl sites for hydroxylation is 1. The van der Waals surface area contributed by atoms with Crippen LogP contribution in [0.4, 0.5) is 0 Å². The van der Waals surface area contributed by atoms with Crippen molar-refractivity contribution < 1.29 is 18.3 Å². The molecule has 0 unspecified atom stereocenters. The second kappa shape index (κ2) is 7.02. The van der Waals surface area contributed by atoms with Crippen LogP contribution < -0.4 is 0 Å². The molecule has 0 fully saturated rings. The van der Waals surface area contributed by atoms with Gasteiger partial charge in [-0.2, -0.15) is 0 Å². The zero-order chi connectivity index (χ0) is 16.2. The Labute approximate surface area is 126 Å². The molecule has 0 radical (unpaired) electrons. The molecule has 0 spiro atoms. The van der Waals surface area contributed by atoms with E-state index >= 15 is 0 Å². The summed E-state index contributed by atoms with van der Waals surface area (Å²) >= 11 is 0. The number of carbonyl (C=O) groups is 1. The third kappa shape index (κ3) is 4.52. The van der Waals surface area contributed by atoms with Gasteiger partial charge in [-0.3, -0.25) is 0 Å². The molecule has 0 aliphatic carbocycles. The summed E-state index contributed by atoms with van der Waals surface area (Å²) in [6, 6.07) is 4.14. The maximum Gasteiger partial charge on any atom is 0.335 e. The first kappa shape index (κ1) is 17.6. The Morgan fingerprint density at radius 3 is 2.33 bits per heavy atom. The van der Waals surface area contributed by atoms with Crippen LogP contribution in [0, 0.1) is 6.92 Å². The monoisotopic (exact) mass is 314 g/mol. The summed E-state index contributed by atoms with van der Waals surface area (Å²) in [5.74, 6) is -1.14. The number of benzene rings is 1. The molecule has 6 nitrogen and oxygen atoms in total. The number of sulfonamides is 1. The Balaban J connectivity index is 3.01. The van der Waals surface area contributed by atoms with Gasteiger partial charge < -0.3 is 10.0 Å². The lowest BCUT2D eigenvalue weighted by Gasteiger charge is -2.19. The summed E-state index contributed by atoms with van der Waals surface area (Å²) < 4.78 is 26.3. The first-order chi connectivity index (χ1) is 9.66. The predicted molar refractivity (Wildman–Crippen MR) is 81.1 cm³/mol. The Morgan fingerprint density at radius 1 is 1.19 bits per heavy atom. The largest absolute Gasteiger partial charge is 0.478 e. The van der Waals surface area contributed by atoms with E-state index in [2.05, 4.69) is 0 Å². The van der Waals surface area contributed by atoms with Gasteiger partial charge in [-0.15, -0.1) is 0 Å². The quantitative estimate of drug-likeness (QED) is 0.820. The van der Waals surface area contributed by atoms with Gasteiger partial charge in [0.15, 0.2) is 0 Å². The van der Waals surface area contributed by atoms with Gasteiger partial charge in [0.05, 0.1) is 10.5 Å². The van der Waals surface area contributed by atoms with Gasteiger partial charge in [0.1, 0.15) is 0 Å². The average Bonchev–Trinajstić information content (AvgIpc) is 2.37. The molecule has 0 aliphatic rings. The Kier molecular flexibility index (Phi) is 5.88. The SMILES string of the molecule is Cc1ccc(C(=O)O)cc1S(=O)(=O)N(C)CCCN(C)C. The Hall–Kier alpha value is -1.44. The van der Waals surface area contributed by atoms with Crippen LogP contribution in [-0.4, -0.2) is 62.9 Å². The van der Waals surface area contributed by atoms with E-state index in [1.54, 1.807) is 6.92 Å². The molecule has 1 aromatic rings. The first-order valence-corrected chi connectivity index (χ1v) is 8.05. The normalized spacial score (nSPS) is 12.1. The molecule has 1 rings (SSSR count). The number of nitrogens with zero attached hydrogens (tertiary/aromatic N) is 2. The van der Waals surface area contributed by atoms with Gasteiger partial charge in [0.25, 0.3) is 0 Å². The van der Waals surface area contributed by atoms with Crippen LogP contribution in [0.5, 0.6) is 0 Å². The number of carboxylic acid groups (broad SMARTS) is 1. The summed E-state index contributed by atoms with van der Waals surface area (Å²) in [5.41, 5.74) is 0.514. The fourth-order valence-electron chi connectivity index (χ4n) is 1.91. The van der Waals surface area contributed by atoms with Gasteiger partial charge in [-0.1, -0.05) is 6.07 Å². The molecular formula is C14H22N2O4S. The van der Waals surface area contributed by atoms with Crippen molar-refractivity contribution >= 4 is 16.0 Å². The lowest BCUT2D eigenvalue weighted by atomic mass is 10.1. The smallest absolute Gasteiger partial charge is 0.335 e. The number of hydrogen-bond donors (Lipinski definition) is 1. The van der Waals surface area contributed by atoms with Crippen LogP contribution in [0.2, 0.25) is 0 Å². The van der Waals surface area contributed by atoms with Crippen molar-refractivity contribution in [3.8, 4) is 0 Å². The molecule has 0 saturated heterocycles. The molecule has 1 N–H and O–H groups in total. The minimum Gasteiger partial charge on any atom is -0.478 e. The van der Waals surface area contributed by atoms with E-state index < -0.39 is 16.0 Å². The van der Waals surface area contributed by atoms with Crippen molar-refractivity contribution in [1.29, 1.82) is 0 Å². The Bertz CT molecular complexity index is 611. The minimum absolute atomic E-state index is 0.0270. The molecule has 1 aromatic carbocycles. The second-order valence-corrected chi connectivity index (χ2v) is 7.28. The lowest BCUT2D eigenvalue weighted by Crippen LogP contribution is -2.30. The summed E-state index contributed by atoms with van der Waals surface area (Å²) in [5, 5.41) is 8.99. The van der Waals surface area contributed by atoms with Gasteiger partial charge in [-0.05, 0) is 51.7 Å². The third-order valence-electron chi connectivity index (χ3n) is 3.20. The molecule has 7 heteroatoms. The van der Waals surface area contributed by atoms with Crippen LogP contribution in [-0.2, 0) is 10.0 Å². The van der Waals surface area contributed by atoms with Crippen molar-refractivity contribution in [3.63, 3.8) is 0 Å². The van der Waals surface area contributed by atoms with Crippen molar-refractivity contribution in [2.45, 2.75) is 18.2 Å². The highest BCUT2D eigenvalue weighted by molar-refractivity contribution is 7.89. The summed E-state index contributed by atoms with van der Waals surface area (Å²) in [7, 11) is 1.69. The Morgan fingerprint density at radius 2 is 1.81 bits per heavy atom. The fraction of sp³-hybridized carbons (Fsp3) is 0.500. The molecule has 0 aliphatic heterocycles. The van der Waals surface area contributed by atoms with Gasteiger partial charge >= 0.3 is 5.97 Å². The number of hydrogen-bond acceptors (Lipinski definition) is 4. The van der Waals surface area contributed by atoms with E-state index in [-0.39, 0.29) is 10.5 Å². The topological polar surface area (TPSA) is 77.9 Å². The van der Waals surface area contributed by atoms with Gasteiger partial charge in [-0.25, -0.2) is 17.5 Å². The molecule has 21 heavy (non-hydrogen) atoms. The summed E-state index contributed by atoms with van der Waals surface area (Å²) in [4.78, 5) is 13.0. The van der Waals surface area contributed by atoms with Crippen molar-refractivity contribution in [3.05, 3.63) is 29.3 Å². The highest BCUT2D eigenvalue weighted by atomic mass is 32.2. The van der Waals surface area contributed by atoms with Crippen molar-refractivity contribution in [2.75, 3.05) is 34.2 Å². The molecule has 0 heterocycles. The molecule has 118 valence electrons. The average molecular weight is 314 g/mol. The third-order valence-corrected chi connectivity index (χ3v) is 5.20. The van der Waals surface area contributed by atoms with Crippen LogP contribution in [0.1, 0.15) is 22.3 Å². The standard InChI is InChI=1S/C14H22N2O4S/c1-11-6-7-12(14(17)18)10-13(11)21(19,20)16(4)9-5-8-15(2)3/h6-7,10H,5,8-9H2,1-4H3,(H,17,18). The van der Waals surface area contributed by atoms with Crippen molar-refractivity contribution in [2.24, 2.45) is 0 Å². The molecule has 0 bridgehead atoms. The van der Waals surface area contributed by atoms with E-state index in [0.717, 1.165) is 6.54 Å². The highest BCUT2D eigenvalue weighted by Crippen LogP contribution is 2.20. The second-order valence-electron chi connectivity index (χ2n) is 5.27. The molecule has 0 aromatic heterocycles. The van der Waals surface area contributed by atoms with Gasteiger partial charge in [0, 0.05) is 13.6 Å². The first-order valence-electron chi connectivity index (χ1n) is 6.61. The van der Waals surface area contributed by atoms with Gasteiger partial charge in [0.2, 0.25) is 10.0 Å². The van der Waals surface area contributed by atoms with Crippen LogP contribution in [0.3, 0.4) is 0 Å². The number of aromatic carboxylic acids is 1. The summed E-state index contributed by atoms with van der Waals surface area (Å²) in [6.45, 7) is 2.83. The molecular weight excluding hydrogens is 292 g/mol. The number of carboxylic acids is 1. The van der Waals surface area contributed by atoms with Crippen molar-refractivity contribution in [1.82, 2.24) is 9.21 Å². The van der Waals surface area contributed by atoms with Crippen LogP contribution in [0.15, 0.2) is 23.1 Å². The van der Waals surface area contributed by atoms with E-state index in [0.29, 0.717) is 18.5 Å². The predicted octanol–water partition coefficient (Wildman–Crippen LogP) is 1.27. The zero-order valence-electron chi connectivity index (χ0n) is 12.8. The zero-order valence-corrected chi connectivity index (χ0v) is 13.6. The number of rotatable bonds is 7. The lowest BCUT2D eigenvalue weighted by molar-refractivity contribution is 0.0696. The molecule has 0 amide bonds. The molecule has 0 atom stereocenters. The highest BCUT2D eigenvalue weighted by Gasteiger charge is 2.23. The van der Waals surface area contributed by atoms with E-state index in [1.807, 2.05) is 19.0 Å².